The third-order valence-corrected chi connectivity index (χ3v) is 4.08. The molecule has 2 saturated heterocycles. The molecule has 0 aromatic rings. The van der Waals surface area contributed by atoms with Crippen LogP contribution in [0.3, 0.4) is 0 Å². The van der Waals surface area contributed by atoms with Crippen LogP contribution in [-0.2, 0) is 0 Å². The predicted octanol–water partition coefficient (Wildman–Crippen LogP) is 1.01. The van der Waals surface area contributed by atoms with Crippen LogP contribution in [0.15, 0.2) is 0 Å². The van der Waals surface area contributed by atoms with Crippen molar-refractivity contribution in [3.05, 3.63) is 0 Å². The SMILES string of the molecule is CN1CCN(CCC[C@H]2CCCNC2)CC1. The summed E-state index contributed by atoms with van der Waals surface area (Å²) in [7, 11) is 2.23. The van der Waals surface area contributed by atoms with Crippen molar-refractivity contribution in [3.8, 4) is 0 Å². The van der Waals surface area contributed by atoms with E-state index in [1.807, 2.05) is 0 Å². The highest BCUT2D eigenvalue weighted by Gasteiger charge is 2.15. The summed E-state index contributed by atoms with van der Waals surface area (Å²) >= 11 is 0. The largest absolute Gasteiger partial charge is 0.316 e. The lowest BCUT2D eigenvalue weighted by molar-refractivity contribution is 0.149. The minimum absolute atomic E-state index is 0.959. The molecule has 94 valence electrons. The molecule has 0 unspecified atom stereocenters. The van der Waals surface area contributed by atoms with Crippen LogP contribution in [0, 0.1) is 5.92 Å². The molecule has 16 heavy (non-hydrogen) atoms. The van der Waals surface area contributed by atoms with Gasteiger partial charge in [-0.15, -0.1) is 0 Å². The Morgan fingerprint density at radius 2 is 2.00 bits per heavy atom. The molecule has 2 aliphatic rings. The smallest absolute Gasteiger partial charge is 0.0110 e. The van der Waals surface area contributed by atoms with E-state index in [1.54, 1.807) is 0 Å². The summed E-state index contributed by atoms with van der Waals surface area (Å²) < 4.78 is 0. The fourth-order valence-corrected chi connectivity index (χ4v) is 2.85. The molecule has 1 N–H and O–H groups in total. The van der Waals surface area contributed by atoms with Gasteiger partial charge in [0.05, 0.1) is 0 Å². The van der Waals surface area contributed by atoms with Crippen molar-refractivity contribution in [2.75, 3.05) is 52.9 Å². The van der Waals surface area contributed by atoms with Gasteiger partial charge in [0.25, 0.3) is 0 Å². The molecule has 0 aliphatic carbocycles. The second-order valence-electron chi connectivity index (χ2n) is 5.50. The van der Waals surface area contributed by atoms with Crippen LogP contribution < -0.4 is 5.32 Å². The molecule has 0 spiro atoms. The Morgan fingerprint density at radius 1 is 1.19 bits per heavy atom. The maximum atomic E-state index is 3.51. The van der Waals surface area contributed by atoms with Gasteiger partial charge in [-0.2, -0.15) is 0 Å². The average Bonchev–Trinajstić information content (AvgIpc) is 2.33. The molecular formula is C13H27N3. The minimum atomic E-state index is 0.959. The van der Waals surface area contributed by atoms with Crippen molar-refractivity contribution in [1.29, 1.82) is 0 Å². The van der Waals surface area contributed by atoms with Gasteiger partial charge in [-0.05, 0) is 58.3 Å². The predicted molar refractivity (Wildman–Crippen MR) is 68.8 cm³/mol. The standard InChI is InChI=1S/C13H27N3/c1-15-8-10-16(11-9-15)7-3-5-13-4-2-6-14-12-13/h13-14H,2-12H2,1H3/t13-/m1/s1. The Morgan fingerprint density at radius 3 is 2.69 bits per heavy atom. The zero-order chi connectivity index (χ0) is 11.2. The maximum absolute atomic E-state index is 3.51. The summed E-state index contributed by atoms with van der Waals surface area (Å²) in [5.74, 6) is 0.959. The highest BCUT2D eigenvalue weighted by Crippen LogP contribution is 2.16. The number of piperidine rings is 1. The van der Waals surface area contributed by atoms with E-state index in [2.05, 4.69) is 22.2 Å². The lowest BCUT2D eigenvalue weighted by Gasteiger charge is -2.32. The number of piperazine rings is 1. The van der Waals surface area contributed by atoms with Crippen molar-refractivity contribution in [2.45, 2.75) is 25.7 Å². The van der Waals surface area contributed by atoms with Crippen molar-refractivity contribution in [3.63, 3.8) is 0 Å². The van der Waals surface area contributed by atoms with Gasteiger partial charge in [-0.1, -0.05) is 0 Å². The fraction of sp³-hybridized carbons (Fsp3) is 1.00. The summed E-state index contributed by atoms with van der Waals surface area (Å²) in [6.45, 7) is 8.90. The van der Waals surface area contributed by atoms with E-state index >= 15 is 0 Å². The van der Waals surface area contributed by atoms with E-state index in [-0.39, 0.29) is 0 Å². The van der Waals surface area contributed by atoms with Crippen LogP contribution in [0.25, 0.3) is 0 Å². The Hall–Kier alpha value is -0.120. The summed E-state index contributed by atoms with van der Waals surface area (Å²) in [5.41, 5.74) is 0. The molecule has 0 bridgehead atoms. The van der Waals surface area contributed by atoms with Crippen LogP contribution >= 0.6 is 0 Å². The van der Waals surface area contributed by atoms with Crippen molar-refractivity contribution < 1.29 is 0 Å². The number of likely N-dealkylation sites (N-methyl/N-ethyl adjacent to an activating group) is 1. The first-order valence-corrected chi connectivity index (χ1v) is 6.96. The summed E-state index contributed by atoms with van der Waals surface area (Å²) in [6, 6.07) is 0. The van der Waals surface area contributed by atoms with E-state index < -0.39 is 0 Å². The molecular weight excluding hydrogens is 198 g/mol. The third-order valence-electron chi connectivity index (χ3n) is 4.08. The molecule has 0 radical (unpaired) electrons. The Kier molecular flexibility index (Phi) is 5.07. The van der Waals surface area contributed by atoms with Gasteiger partial charge in [0.2, 0.25) is 0 Å². The molecule has 3 heteroatoms. The first kappa shape index (κ1) is 12.3. The second-order valence-corrected chi connectivity index (χ2v) is 5.50. The van der Waals surface area contributed by atoms with Crippen LogP contribution in [0.5, 0.6) is 0 Å². The molecule has 2 heterocycles. The van der Waals surface area contributed by atoms with Gasteiger partial charge in [0, 0.05) is 26.2 Å². The first-order chi connectivity index (χ1) is 7.84. The number of hydrogen-bond donors (Lipinski definition) is 1. The zero-order valence-corrected chi connectivity index (χ0v) is 10.7. The van der Waals surface area contributed by atoms with E-state index in [1.165, 1.54) is 71.5 Å². The second kappa shape index (κ2) is 6.58. The fourth-order valence-electron chi connectivity index (χ4n) is 2.85. The van der Waals surface area contributed by atoms with Crippen LogP contribution in [0.4, 0.5) is 0 Å². The molecule has 0 aromatic heterocycles. The van der Waals surface area contributed by atoms with Crippen molar-refractivity contribution >= 4 is 0 Å². The van der Waals surface area contributed by atoms with Gasteiger partial charge in [-0.25, -0.2) is 0 Å². The topological polar surface area (TPSA) is 18.5 Å². The first-order valence-electron chi connectivity index (χ1n) is 6.96. The lowest BCUT2D eigenvalue weighted by Crippen LogP contribution is -2.44. The monoisotopic (exact) mass is 225 g/mol. The zero-order valence-electron chi connectivity index (χ0n) is 10.7. The summed E-state index contributed by atoms with van der Waals surface area (Å²) in [5, 5.41) is 3.51. The Labute approximate surface area is 100 Å². The normalized spacial score (nSPS) is 29.4. The molecule has 2 fully saturated rings. The molecule has 1 atom stereocenters. The molecule has 2 aliphatic heterocycles. The quantitative estimate of drug-likeness (QED) is 0.770. The maximum Gasteiger partial charge on any atom is 0.0110 e. The minimum Gasteiger partial charge on any atom is -0.316 e. The van der Waals surface area contributed by atoms with Gasteiger partial charge in [0.1, 0.15) is 0 Å². The summed E-state index contributed by atoms with van der Waals surface area (Å²) in [6.07, 6.45) is 5.67. The molecule has 0 amide bonds. The van der Waals surface area contributed by atoms with Gasteiger partial charge < -0.3 is 15.1 Å². The molecule has 3 nitrogen and oxygen atoms in total. The van der Waals surface area contributed by atoms with Crippen LogP contribution in [-0.4, -0.2) is 62.7 Å². The Balaban J connectivity index is 1.53. The highest BCUT2D eigenvalue weighted by atomic mass is 15.2. The number of rotatable bonds is 4. The van der Waals surface area contributed by atoms with Gasteiger partial charge in [0.15, 0.2) is 0 Å². The van der Waals surface area contributed by atoms with E-state index in [0.29, 0.717) is 0 Å². The molecule has 0 aromatic carbocycles. The number of nitrogens with zero attached hydrogens (tertiary/aromatic N) is 2. The van der Waals surface area contributed by atoms with E-state index in [4.69, 9.17) is 0 Å². The number of nitrogens with one attached hydrogen (secondary N) is 1. The van der Waals surface area contributed by atoms with Crippen LogP contribution in [0.1, 0.15) is 25.7 Å². The number of hydrogen-bond acceptors (Lipinski definition) is 3. The van der Waals surface area contributed by atoms with Crippen molar-refractivity contribution in [2.24, 2.45) is 5.92 Å². The average molecular weight is 225 g/mol. The Bertz CT molecular complexity index is 182. The highest BCUT2D eigenvalue weighted by molar-refractivity contribution is 4.72. The molecule has 2 rings (SSSR count). The molecule has 0 saturated carbocycles. The van der Waals surface area contributed by atoms with Crippen molar-refractivity contribution in [1.82, 2.24) is 15.1 Å². The van der Waals surface area contributed by atoms with E-state index in [9.17, 15) is 0 Å². The lowest BCUT2D eigenvalue weighted by atomic mass is 9.94. The van der Waals surface area contributed by atoms with Crippen LogP contribution in [0.2, 0.25) is 0 Å². The van der Waals surface area contributed by atoms with Gasteiger partial charge >= 0.3 is 0 Å². The van der Waals surface area contributed by atoms with E-state index in [0.717, 1.165) is 5.92 Å². The third kappa shape index (κ3) is 4.04. The van der Waals surface area contributed by atoms with Gasteiger partial charge in [-0.3, -0.25) is 0 Å². The summed E-state index contributed by atoms with van der Waals surface area (Å²) in [4.78, 5) is 5.07.